The van der Waals surface area contributed by atoms with Gasteiger partial charge in [0, 0.05) is 0 Å². The van der Waals surface area contributed by atoms with Crippen molar-refractivity contribution in [3.8, 4) is 0 Å². The molecule has 0 heterocycles. The first kappa shape index (κ1) is 10.2. The second-order valence-corrected chi connectivity index (χ2v) is 0.914. The van der Waals surface area contributed by atoms with Crippen molar-refractivity contribution in [2.24, 2.45) is 0 Å². The second kappa shape index (κ2) is 6.19. The average Bonchev–Trinajstić information content (AvgIpc) is 1.25. The van der Waals surface area contributed by atoms with Crippen LogP contribution in [-0.2, 0) is 0 Å². The molecule has 0 bridgehead atoms. The van der Waals surface area contributed by atoms with Crippen LogP contribution in [0.15, 0.2) is 0 Å². The van der Waals surface area contributed by atoms with Crippen LogP contribution in [0.5, 0.6) is 0 Å². The van der Waals surface area contributed by atoms with E-state index < -0.39 is 12.4 Å². The van der Waals surface area contributed by atoms with Crippen LogP contribution in [0.25, 0.3) is 0 Å². The summed E-state index contributed by atoms with van der Waals surface area (Å²) >= 11 is 0. The Kier molecular flexibility index (Phi) is 7.91. The highest BCUT2D eigenvalue weighted by Crippen LogP contribution is 1.57. The van der Waals surface area contributed by atoms with Crippen molar-refractivity contribution in [3.05, 3.63) is 0 Å². The van der Waals surface area contributed by atoms with Gasteiger partial charge in [0.15, 0.2) is 0 Å². The molecule has 5 heteroatoms. The van der Waals surface area contributed by atoms with E-state index in [4.69, 9.17) is 25.2 Å². The lowest BCUT2D eigenvalue weighted by Crippen LogP contribution is -1.92. The summed E-state index contributed by atoms with van der Waals surface area (Å²) in [4.78, 5) is 8.56. The first-order valence-corrected chi connectivity index (χ1v) is 1.75. The van der Waals surface area contributed by atoms with Crippen LogP contribution in [0.3, 0.4) is 0 Å². The smallest absolute Gasteiger partial charge is 0.450 e. The largest absolute Gasteiger partial charge is 0.503 e. The number of carbonyl (C=O) groups is 1. The first-order valence-electron chi connectivity index (χ1n) is 1.75. The van der Waals surface area contributed by atoms with Crippen molar-refractivity contribution in [1.29, 1.82) is 0 Å². The van der Waals surface area contributed by atoms with Crippen LogP contribution < -0.4 is 0 Å². The van der Waals surface area contributed by atoms with E-state index >= 15 is 0 Å². The van der Waals surface area contributed by atoms with Crippen molar-refractivity contribution in [2.45, 2.75) is 13.2 Å². The zero-order valence-corrected chi connectivity index (χ0v) is 4.27. The number of rotatable bonds is 0. The van der Waals surface area contributed by atoms with Gasteiger partial charge in [-0.1, -0.05) is 0 Å². The number of aliphatic hydroxyl groups is 2. The fourth-order valence-electron chi connectivity index (χ4n) is 0. The van der Waals surface area contributed by atoms with E-state index in [1.807, 2.05) is 0 Å². The maximum absolute atomic E-state index is 8.56. The molecule has 0 fully saturated rings. The predicted molar refractivity (Wildman–Crippen MR) is 24.6 cm³/mol. The van der Waals surface area contributed by atoms with Gasteiger partial charge in [0.05, 0.1) is 0 Å². The fraction of sp³-hybridized carbons (Fsp3) is 0.667. The minimum absolute atomic E-state index is 1.17. The van der Waals surface area contributed by atoms with Gasteiger partial charge in [-0.2, -0.15) is 0 Å². The maximum Gasteiger partial charge on any atom is 0.503 e. The molecule has 0 aliphatic heterocycles. The molecule has 0 aromatic heterocycles. The maximum atomic E-state index is 8.56. The summed E-state index contributed by atoms with van der Waals surface area (Å²) in [5.41, 5.74) is 0. The Morgan fingerprint density at radius 3 is 1.38 bits per heavy atom. The van der Waals surface area contributed by atoms with E-state index in [-0.39, 0.29) is 0 Å². The SMILES string of the molecule is CC(O)O.O=C(O)O. The van der Waals surface area contributed by atoms with Crippen molar-refractivity contribution in [1.82, 2.24) is 0 Å². The van der Waals surface area contributed by atoms with E-state index in [0.29, 0.717) is 0 Å². The van der Waals surface area contributed by atoms with Crippen molar-refractivity contribution >= 4 is 6.16 Å². The molecule has 0 aromatic carbocycles. The van der Waals surface area contributed by atoms with E-state index in [9.17, 15) is 0 Å². The van der Waals surface area contributed by atoms with Gasteiger partial charge in [-0.3, -0.25) is 0 Å². The third kappa shape index (κ3) is 139. The Morgan fingerprint density at radius 1 is 1.38 bits per heavy atom. The van der Waals surface area contributed by atoms with Crippen LogP contribution in [0, 0.1) is 0 Å². The third-order valence-electron chi connectivity index (χ3n) is 0. The third-order valence-corrected chi connectivity index (χ3v) is 0. The van der Waals surface area contributed by atoms with Crippen molar-refractivity contribution < 1.29 is 25.2 Å². The Labute approximate surface area is 45.8 Å². The molecule has 8 heavy (non-hydrogen) atoms. The Morgan fingerprint density at radius 2 is 1.38 bits per heavy atom. The quantitative estimate of drug-likeness (QED) is 0.327. The summed E-state index contributed by atoms with van der Waals surface area (Å²) in [6.07, 6.45) is -3.00. The molecule has 0 aliphatic carbocycles. The molecule has 5 nitrogen and oxygen atoms in total. The van der Waals surface area contributed by atoms with E-state index in [1.54, 1.807) is 0 Å². The lowest BCUT2D eigenvalue weighted by atomic mass is 10.8. The molecule has 0 spiro atoms. The Balaban J connectivity index is 0. The Hall–Kier alpha value is -0.810. The van der Waals surface area contributed by atoms with E-state index in [1.165, 1.54) is 6.92 Å². The molecule has 0 aliphatic rings. The average molecular weight is 124 g/mol. The molecule has 0 saturated carbocycles. The van der Waals surface area contributed by atoms with Gasteiger partial charge in [0.1, 0.15) is 6.29 Å². The number of hydrogen-bond donors (Lipinski definition) is 4. The van der Waals surface area contributed by atoms with E-state index in [0.717, 1.165) is 0 Å². The van der Waals surface area contributed by atoms with E-state index in [2.05, 4.69) is 0 Å². The predicted octanol–water partition coefficient (Wildman–Crippen LogP) is -0.461. The monoisotopic (exact) mass is 124 g/mol. The standard InChI is InChI=1S/C2H6O2.CH2O3/c1-2(3)4;2-1(3)4/h2-4H,1H3;(H2,2,3,4). The summed E-state index contributed by atoms with van der Waals surface area (Å²) in [6.45, 7) is 1.28. The van der Waals surface area contributed by atoms with Gasteiger partial charge >= 0.3 is 6.16 Å². The lowest BCUT2D eigenvalue weighted by molar-refractivity contribution is -0.0228. The molecule has 0 rings (SSSR count). The molecule has 50 valence electrons. The molecule has 0 atom stereocenters. The molecule has 4 N–H and O–H groups in total. The summed E-state index contributed by atoms with van der Waals surface area (Å²) in [5.74, 6) is 0. The highest BCUT2D eigenvalue weighted by atomic mass is 16.6. The summed E-state index contributed by atoms with van der Waals surface area (Å²) < 4.78 is 0. The molecule has 0 saturated heterocycles. The topological polar surface area (TPSA) is 98.0 Å². The normalized spacial score (nSPS) is 7.50. The summed E-state index contributed by atoms with van der Waals surface area (Å²) in [6, 6.07) is 0. The minimum Gasteiger partial charge on any atom is -0.450 e. The number of aliphatic hydroxyl groups excluding tert-OH is 1. The van der Waals surface area contributed by atoms with Crippen LogP contribution >= 0.6 is 0 Å². The Bertz CT molecular complexity index is 51.9. The lowest BCUT2D eigenvalue weighted by Gasteiger charge is -1.80. The number of carboxylic acid groups (broad SMARTS) is 2. The zero-order chi connectivity index (χ0) is 7.15. The van der Waals surface area contributed by atoms with Crippen LogP contribution in [0.4, 0.5) is 4.79 Å². The molecule has 0 unspecified atom stereocenters. The number of hydrogen-bond acceptors (Lipinski definition) is 3. The van der Waals surface area contributed by atoms with Gasteiger partial charge in [-0.05, 0) is 6.92 Å². The second-order valence-electron chi connectivity index (χ2n) is 0.914. The van der Waals surface area contributed by atoms with Gasteiger partial charge in [-0.25, -0.2) is 4.79 Å². The highest BCUT2D eigenvalue weighted by Gasteiger charge is 1.70. The molecular weight excluding hydrogens is 116 g/mol. The first-order chi connectivity index (χ1) is 3.46. The van der Waals surface area contributed by atoms with Gasteiger partial charge < -0.3 is 20.4 Å². The van der Waals surface area contributed by atoms with Crippen molar-refractivity contribution in [3.63, 3.8) is 0 Å². The zero-order valence-electron chi connectivity index (χ0n) is 4.27. The van der Waals surface area contributed by atoms with Crippen LogP contribution in [0.2, 0.25) is 0 Å². The molecule has 0 radical (unpaired) electrons. The van der Waals surface area contributed by atoms with Gasteiger partial charge in [0.2, 0.25) is 0 Å². The molecular formula is C3H8O5. The van der Waals surface area contributed by atoms with Crippen LogP contribution in [-0.4, -0.2) is 32.9 Å². The minimum atomic E-state index is -1.83. The molecule has 0 amide bonds. The molecule has 0 aromatic rings. The fourth-order valence-corrected chi connectivity index (χ4v) is 0. The van der Waals surface area contributed by atoms with Crippen LogP contribution in [0.1, 0.15) is 6.92 Å². The van der Waals surface area contributed by atoms with Crippen molar-refractivity contribution in [2.75, 3.05) is 0 Å². The van der Waals surface area contributed by atoms with Gasteiger partial charge in [-0.15, -0.1) is 0 Å². The summed E-state index contributed by atoms with van der Waals surface area (Å²) in [7, 11) is 0. The highest BCUT2D eigenvalue weighted by molar-refractivity contribution is 5.53. The summed E-state index contributed by atoms with van der Waals surface area (Å²) in [5, 5.41) is 29.2. The van der Waals surface area contributed by atoms with Gasteiger partial charge in [0.25, 0.3) is 0 Å².